The van der Waals surface area contributed by atoms with Crippen LogP contribution in [0.4, 0.5) is 0 Å². The van der Waals surface area contributed by atoms with Crippen LogP contribution in [0.25, 0.3) is 10.2 Å². The average molecular weight is 454 g/mol. The summed E-state index contributed by atoms with van der Waals surface area (Å²) < 4.78 is 9.78. The first-order valence-electron chi connectivity index (χ1n) is 8.53. The third kappa shape index (κ3) is 3.83. The Morgan fingerprint density at radius 1 is 1.38 bits per heavy atom. The SMILES string of the molecule is O=C(NC[C@H]1CCCO1)c1cc2sc(Br)cc2n1Cc1cccc(Cl)c1. The fourth-order valence-electron chi connectivity index (χ4n) is 3.29. The van der Waals surface area contributed by atoms with Gasteiger partial charge in [0.25, 0.3) is 5.91 Å². The Bertz CT molecular complexity index is 946. The molecule has 2 aromatic heterocycles. The predicted octanol–water partition coefficient (Wildman–Crippen LogP) is 5.08. The summed E-state index contributed by atoms with van der Waals surface area (Å²) in [5.41, 5.74) is 2.77. The highest BCUT2D eigenvalue weighted by Gasteiger charge is 2.20. The van der Waals surface area contributed by atoms with Gasteiger partial charge in [0, 0.05) is 24.7 Å². The quantitative estimate of drug-likeness (QED) is 0.586. The lowest BCUT2D eigenvalue weighted by Gasteiger charge is -2.13. The van der Waals surface area contributed by atoms with E-state index >= 15 is 0 Å². The van der Waals surface area contributed by atoms with Crippen LogP contribution in [0.15, 0.2) is 40.2 Å². The number of carbonyl (C=O) groups excluding carboxylic acids is 1. The average Bonchev–Trinajstić information content (AvgIpc) is 3.31. The van der Waals surface area contributed by atoms with E-state index < -0.39 is 0 Å². The number of rotatable bonds is 5. The van der Waals surface area contributed by atoms with E-state index in [1.54, 1.807) is 11.3 Å². The maximum atomic E-state index is 12.8. The third-order valence-corrected chi connectivity index (χ3v) is 6.35. The summed E-state index contributed by atoms with van der Waals surface area (Å²) in [6.45, 7) is 1.93. The number of hydrogen-bond donors (Lipinski definition) is 1. The van der Waals surface area contributed by atoms with E-state index in [9.17, 15) is 4.79 Å². The Balaban J connectivity index is 1.62. The Labute approximate surface area is 169 Å². The molecule has 1 N–H and O–H groups in total. The minimum atomic E-state index is -0.0675. The number of ether oxygens (including phenoxy) is 1. The molecule has 0 bridgehead atoms. The number of fused-ring (bicyclic) bond motifs is 1. The molecule has 3 heterocycles. The molecule has 1 aliphatic rings. The van der Waals surface area contributed by atoms with Gasteiger partial charge in [-0.3, -0.25) is 4.79 Å². The molecule has 3 aromatic rings. The normalized spacial score (nSPS) is 17.1. The molecule has 1 fully saturated rings. The second kappa shape index (κ2) is 7.72. The fraction of sp³-hybridized carbons (Fsp3) is 0.316. The van der Waals surface area contributed by atoms with Crippen LogP contribution >= 0.6 is 38.9 Å². The lowest BCUT2D eigenvalue weighted by Crippen LogP contribution is -2.33. The van der Waals surface area contributed by atoms with Gasteiger partial charge >= 0.3 is 0 Å². The summed E-state index contributed by atoms with van der Waals surface area (Å²) >= 11 is 11.3. The molecule has 0 aliphatic carbocycles. The molecule has 1 aliphatic heterocycles. The van der Waals surface area contributed by atoms with Crippen LogP contribution in [0.2, 0.25) is 5.02 Å². The highest BCUT2D eigenvalue weighted by Crippen LogP contribution is 2.33. The molecule has 0 saturated carbocycles. The molecule has 26 heavy (non-hydrogen) atoms. The Hall–Kier alpha value is -1.34. The van der Waals surface area contributed by atoms with Crippen LogP contribution in [0.5, 0.6) is 0 Å². The van der Waals surface area contributed by atoms with Crippen molar-refractivity contribution in [3.05, 3.63) is 56.5 Å². The maximum Gasteiger partial charge on any atom is 0.268 e. The second-order valence-electron chi connectivity index (χ2n) is 6.39. The number of amides is 1. The zero-order chi connectivity index (χ0) is 18.1. The van der Waals surface area contributed by atoms with Crippen molar-refractivity contribution in [2.24, 2.45) is 0 Å². The minimum Gasteiger partial charge on any atom is -0.376 e. The number of carbonyl (C=O) groups is 1. The van der Waals surface area contributed by atoms with Gasteiger partial charge in [-0.15, -0.1) is 11.3 Å². The first-order valence-corrected chi connectivity index (χ1v) is 10.5. The van der Waals surface area contributed by atoms with Crippen molar-refractivity contribution in [1.29, 1.82) is 0 Å². The molecule has 1 saturated heterocycles. The van der Waals surface area contributed by atoms with E-state index in [2.05, 4.69) is 27.3 Å². The maximum absolute atomic E-state index is 12.8. The Morgan fingerprint density at radius 2 is 2.27 bits per heavy atom. The van der Waals surface area contributed by atoms with Crippen LogP contribution in [0.3, 0.4) is 0 Å². The van der Waals surface area contributed by atoms with Crippen molar-refractivity contribution in [3.8, 4) is 0 Å². The number of thiophene rings is 1. The van der Waals surface area contributed by atoms with Crippen molar-refractivity contribution in [2.45, 2.75) is 25.5 Å². The summed E-state index contributed by atoms with van der Waals surface area (Å²) in [5, 5.41) is 3.72. The molecule has 0 radical (unpaired) electrons. The van der Waals surface area contributed by atoms with Gasteiger partial charge in [0.2, 0.25) is 0 Å². The van der Waals surface area contributed by atoms with Crippen molar-refractivity contribution >= 4 is 55.0 Å². The van der Waals surface area contributed by atoms with Crippen LogP contribution in [0.1, 0.15) is 28.9 Å². The second-order valence-corrected chi connectivity index (χ2v) is 9.29. The summed E-state index contributed by atoms with van der Waals surface area (Å²) in [6.07, 6.45) is 2.20. The molecule has 1 amide bonds. The highest BCUT2D eigenvalue weighted by molar-refractivity contribution is 9.11. The topological polar surface area (TPSA) is 43.3 Å². The van der Waals surface area contributed by atoms with Gasteiger partial charge in [-0.05, 0) is 58.6 Å². The van der Waals surface area contributed by atoms with Gasteiger partial charge in [0.1, 0.15) is 5.69 Å². The van der Waals surface area contributed by atoms with E-state index in [1.807, 2.05) is 34.9 Å². The number of benzene rings is 1. The summed E-state index contributed by atoms with van der Waals surface area (Å²) in [4.78, 5) is 12.8. The molecular formula is C19H18BrClN2O2S. The Kier molecular flexibility index (Phi) is 5.36. The van der Waals surface area contributed by atoms with E-state index in [0.717, 1.165) is 39.0 Å². The molecule has 0 unspecified atom stereocenters. The zero-order valence-corrected chi connectivity index (χ0v) is 17.2. The summed E-state index contributed by atoms with van der Waals surface area (Å²) in [6, 6.07) is 11.8. The van der Waals surface area contributed by atoms with Crippen molar-refractivity contribution in [2.75, 3.05) is 13.2 Å². The van der Waals surface area contributed by atoms with Gasteiger partial charge in [0.05, 0.1) is 20.1 Å². The van der Waals surface area contributed by atoms with Gasteiger partial charge in [-0.1, -0.05) is 23.7 Å². The van der Waals surface area contributed by atoms with E-state index in [1.165, 1.54) is 0 Å². The lowest BCUT2D eigenvalue weighted by molar-refractivity contribution is 0.0851. The fourth-order valence-corrected chi connectivity index (χ4v) is 5.07. The monoisotopic (exact) mass is 452 g/mol. The molecule has 4 rings (SSSR count). The molecule has 1 aromatic carbocycles. The van der Waals surface area contributed by atoms with Crippen molar-refractivity contribution < 1.29 is 9.53 Å². The number of aromatic nitrogens is 1. The zero-order valence-electron chi connectivity index (χ0n) is 14.0. The van der Waals surface area contributed by atoms with Crippen LogP contribution in [-0.2, 0) is 11.3 Å². The summed E-state index contributed by atoms with van der Waals surface area (Å²) in [5.74, 6) is -0.0675. The summed E-state index contributed by atoms with van der Waals surface area (Å²) in [7, 11) is 0. The number of halogens is 2. The molecule has 7 heteroatoms. The number of nitrogens with zero attached hydrogens (tertiary/aromatic N) is 1. The minimum absolute atomic E-state index is 0.0675. The predicted molar refractivity (Wildman–Crippen MR) is 109 cm³/mol. The van der Waals surface area contributed by atoms with Gasteiger partial charge < -0.3 is 14.6 Å². The van der Waals surface area contributed by atoms with Gasteiger partial charge in [-0.25, -0.2) is 0 Å². The first kappa shape index (κ1) is 18.0. The van der Waals surface area contributed by atoms with E-state index in [4.69, 9.17) is 16.3 Å². The smallest absolute Gasteiger partial charge is 0.268 e. The van der Waals surface area contributed by atoms with E-state index in [0.29, 0.717) is 23.8 Å². The largest absolute Gasteiger partial charge is 0.376 e. The highest BCUT2D eigenvalue weighted by atomic mass is 79.9. The lowest BCUT2D eigenvalue weighted by atomic mass is 10.2. The third-order valence-electron chi connectivity index (χ3n) is 4.54. The van der Waals surface area contributed by atoms with Crippen LogP contribution in [-0.4, -0.2) is 29.7 Å². The van der Waals surface area contributed by atoms with Crippen LogP contribution < -0.4 is 5.32 Å². The van der Waals surface area contributed by atoms with Crippen molar-refractivity contribution in [3.63, 3.8) is 0 Å². The molecular weight excluding hydrogens is 436 g/mol. The van der Waals surface area contributed by atoms with Crippen molar-refractivity contribution in [1.82, 2.24) is 9.88 Å². The Morgan fingerprint density at radius 3 is 3.04 bits per heavy atom. The molecule has 1 atom stereocenters. The standard InChI is InChI=1S/C19H18BrClN2O2S/c20-18-9-15-17(26-18)8-16(19(24)22-10-14-5-2-6-25-14)23(15)11-12-3-1-4-13(21)7-12/h1,3-4,7-9,14H,2,5-6,10-11H2,(H,22,24)/t14-/m1/s1. The van der Waals surface area contributed by atoms with Crippen LogP contribution in [0, 0.1) is 0 Å². The molecule has 0 spiro atoms. The van der Waals surface area contributed by atoms with Gasteiger partial charge in [-0.2, -0.15) is 0 Å². The first-order chi connectivity index (χ1) is 12.6. The van der Waals surface area contributed by atoms with Gasteiger partial charge in [0.15, 0.2) is 0 Å². The number of hydrogen-bond acceptors (Lipinski definition) is 3. The van der Waals surface area contributed by atoms with E-state index in [-0.39, 0.29) is 12.0 Å². The number of nitrogens with one attached hydrogen (secondary N) is 1. The molecule has 4 nitrogen and oxygen atoms in total. The molecule has 136 valence electrons.